The van der Waals surface area contributed by atoms with Gasteiger partial charge in [0.25, 0.3) is 0 Å². The van der Waals surface area contributed by atoms with Crippen LogP contribution < -0.4 is 10.6 Å². The van der Waals surface area contributed by atoms with E-state index >= 15 is 0 Å². The average molecular weight is 416 g/mol. The summed E-state index contributed by atoms with van der Waals surface area (Å²) in [7, 11) is 0. The number of aromatic nitrogens is 1. The van der Waals surface area contributed by atoms with Crippen LogP contribution in [0.2, 0.25) is 0 Å². The van der Waals surface area contributed by atoms with Crippen LogP contribution in [0.3, 0.4) is 0 Å². The first kappa shape index (κ1) is 20.8. The first-order chi connectivity index (χ1) is 14.3. The average Bonchev–Trinajstić information content (AvgIpc) is 2.96. The molecule has 0 saturated carbocycles. The van der Waals surface area contributed by atoms with Gasteiger partial charge in [0.05, 0.1) is 12.0 Å². The van der Waals surface area contributed by atoms with Gasteiger partial charge in [-0.2, -0.15) is 0 Å². The normalized spacial score (nSPS) is 16.6. The van der Waals surface area contributed by atoms with Gasteiger partial charge in [0.2, 0.25) is 23.6 Å². The fraction of sp³-hybridized carbons (Fsp3) is 0.316. The van der Waals surface area contributed by atoms with E-state index in [0.717, 1.165) is 10.8 Å². The van der Waals surface area contributed by atoms with Gasteiger partial charge in [0.15, 0.2) is 0 Å². The van der Waals surface area contributed by atoms with Crippen LogP contribution in [0.5, 0.6) is 11.8 Å². The number of amides is 4. The number of hydrogen-bond acceptors (Lipinski definition) is 7. The Bertz CT molecular complexity index is 1060. The summed E-state index contributed by atoms with van der Waals surface area (Å²) in [5, 5.41) is 26.1. The molecule has 1 unspecified atom stereocenters. The Balaban J connectivity index is 1.89. The number of benzene rings is 1. The van der Waals surface area contributed by atoms with E-state index < -0.39 is 35.7 Å². The van der Waals surface area contributed by atoms with Gasteiger partial charge in [-0.15, -0.1) is 0 Å². The van der Waals surface area contributed by atoms with Crippen molar-refractivity contribution in [2.45, 2.75) is 25.8 Å². The molecule has 11 nitrogen and oxygen atoms in total. The lowest BCUT2D eigenvalue weighted by Gasteiger charge is -2.23. The van der Waals surface area contributed by atoms with Gasteiger partial charge < -0.3 is 20.3 Å². The molecule has 1 fully saturated rings. The molecule has 0 spiro atoms. The summed E-state index contributed by atoms with van der Waals surface area (Å²) in [6, 6.07) is 2.90. The predicted molar refractivity (Wildman–Crippen MR) is 104 cm³/mol. The van der Waals surface area contributed by atoms with Crippen LogP contribution in [0, 0.1) is 0 Å². The third-order valence-electron chi connectivity index (χ3n) is 4.55. The fourth-order valence-electron chi connectivity index (χ4n) is 3.22. The SMILES string of the molecule is CCOC(=O)CNC(=O)N=Cc1cccc2c(O)n(C3CCC(=O)NC3=O)c(O)c12. The molecule has 1 aromatic carbocycles. The molecule has 4 N–H and O–H groups in total. The minimum atomic E-state index is -0.965. The Morgan fingerprint density at radius 2 is 2.10 bits per heavy atom. The molecule has 4 amide bonds. The zero-order chi connectivity index (χ0) is 21.8. The zero-order valence-electron chi connectivity index (χ0n) is 16.0. The standard InChI is InChI=1S/C19H20N4O7/c1-2-30-14(25)9-21-19(29)20-8-10-4-3-5-11-15(10)18(28)23(17(11)27)12-6-7-13(24)22-16(12)26/h3-5,8,12,27-28H,2,6-7,9H2,1H3,(H,21,29)(H,22,24,26). The lowest BCUT2D eigenvalue weighted by molar-refractivity contribution is -0.142. The minimum absolute atomic E-state index is 0.0682. The van der Waals surface area contributed by atoms with E-state index in [-0.39, 0.29) is 42.6 Å². The molecule has 1 aliphatic heterocycles. The van der Waals surface area contributed by atoms with Crippen molar-refractivity contribution < 1.29 is 34.1 Å². The number of urea groups is 1. The second kappa shape index (κ2) is 8.64. The first-order valence-electron chi connectivity index (χ1n) is 9.19. The summed E-state index contributed by atoms with van der Waals surface area (Å²) < 4.78 is 5.74. The van der Waals surface area contributed by atoms with Crippen molar-refractivity contribution in [3.8, 4) is 11.8 Å². The summed E-state index contributed by atoms with van der Waals surface area (Å²) >= 11 is 0. The van der Waals surface area contributed by atoms with Crippen LogP contribution in [0.25, 0.3) is 10.8 Å². The van der Waals surface area contributed by atoms with E-state index in [1.54, 1.807) is 19.1 Å². The Morgan fingerprint density at radius 3 is 2.80 bits per heavy atom. The Hall–Kier alpha value is -3.89. The number of carbonyl (C=O) groups is 4. The van der Waals surface area contributed by atoms with Crippen molar-refractivity contribution in [1.29, 1.82) is 0 Å². The molecule has 11 heteroatoms. The highest BCUT2D eigenvalue weighted by Crippen LogP contribution is 2.41. The number of piperidine rings is 1. The third kappa shape index (κ3) is 4.09. The number of nitrogens with one attached hydrogen (secondary N) is 2. The number of aliphatic imine (C=N–C) groups is 1. The lowest BCUT2D eigenvalue weighted by atomic mass is 10.1. The molecule has 0 aliphatic carbocycles. The third-order valence-corrected chi connectivity index (χ3v) is 4.55. The molecule has 2 aromatic rings. The van der Waals surface area contributed by atoms with Crippen molar-refractivity contribution in [3.63, 3.8) is 0 Å². The first-order valence-corrected chi connectivity index (χ1v) is 9.19. The van der Waals surface area contributed by atoms with Crippen LogP contribution >= 0.6 is 0 Å². The zero-order valence-corrected chi connectivity index (χ0v) is 16.0. The summed E-state index contributed by atoms with van der Waals surface area (Å²) in [6.45, 7) is 1.49. The number of imide groups is 1. The largest absolute Gasteiger partial charge is 0.494 e. The summed E-state index contributed by atoms with van der Waals surface area (Å²) in [6.07, 6.45) is 1.35. The molecule has 1 aliphatic rings. The molecule has 1 atom stereocenters. The molecule has 3 rings (SSSR count). The minimum Gasteiger partial charge on any atom is -0.494 e. The van der Waals surface area contributed by atoms with Crippen molar-refractivity contribution >= 4 is 40.8 Å². The fourth-order valence-corrected chi connectivity index (χ4v) is 3.22. The van der Waals surface area contributed by atoms with E-state index in [1.807, 2.05) is 0 Å². The van der Waals surface area contributed by atoms with Gasteiger partial charge in [-0.1, -0.05) is 12.1 Å². The maximum absolute atomic E-state index is 12.2. The van der Waals surface area contributed by atoms with E-state index in [9.17, 15) is 29.4 Å². The van der Waals surface area contributed by atoms with Crippen molar-refractivity contribution in [1.82, 2.24) is 15.2 Å². The van der Waals surface area contributed by atoms with E-state index in [1.165, 1.54) is 6.07 Å². The van der Waals surface area contributed by atoms with Gasteiger partial charge in [-0.05, 0) is 19.4 Å². The molecule has 1 aromatic heterocycles. The van der Waals surface area contributed by atoms with Gasteiger partial charge >= 0.3 is 12.0 Å². The summed E-state index contributed by atoms with van der Waals surface area (Å²) in [5.41, 5.74) is 0.303. The van der Waals surface area contributed by atoms with Gasteiger partial charge in [0.1, 0.15) is 12.6 Å². The molecular formula is C19H20N4O7. The second-order valence-electron chi connectivity index (χ2n) is 6.48. The highest BCUT2D eigenvalue weighted by Gasteiger charge is 2.33. The molecule has 30 heavy (non-hydrogen) atoms. The van der Waals surface area contributed by atoms with Crippen molar-refractivity contribution in [2.75, 3.05) is 13.2 Å². The number of ether oxygens (including phenoxy) is 1. The second-order valence-corrected chi connectivity index (χ2v) is 6.48. The molecule has 1 saturated heterocycles. The molecule has 0 radical (unpaired) electrons. The van der Waals surface area contributed by atoms with Crippen LogP contribution in [0.4, 0.5) is 4.79 Å². The quantitative estimate of drug-likeness (QED) is 0.317. The van der Waals surface area contributed by atoms with E-state index in [4.69, 9.17) is 4.74 Å². The lowest BCUT2D eigenvalue weighted by Crippen LogP contribution is -2.41. The van der Waals surface area contributed by atoms with Gasteiger partial charge in [-0.3, -0.25) is 24.3 Å². The number of fused-ring (bicyclic) bond motifs is 1. The number of aromatic hydroxyl groups is 2. The number of rotatable bonds is 5. The Morgan fingerprint density at radius 1 is 1.33 bits per heavy atom. The monoisotopic (exact) mass is 416 g/mol. The van der Waals surface area contributed by atoms with Gasteiger partial charge in [0, 0.05) is 23.6 Å². The maximum Gasteiger partial charge on any atom is 0.341 e. The van der Waals surface area contributed by atoms with E-state index in [0.29, 0.717) is 5.56 Å². The number of hydrogen-bond donors (Lipinski definition) is 4. The highest BCUT2D eigenvalue weighted by molar-refractivity contribution is 6.08. The summed E-state index contributed by atoms with van der Waals surface area (Å²) in [4.78, 5) is 50.3. The summed E-state index contributed by atoms with van der Waals surface area (Å²) in [5.74, 6) is -2.41. The van der Waals surface area contributed by atoms with Crippen molar-refractivity contribution in [2.24, 2.45) is 4.99 Å². The Labute approximate surface area is 170 Å². The molecular weight excluding hydrogens is 396 g/mol. The van der Waals surface area contributed by atoms with Crippen molar-refractivity contribution in [3.05, 3.63) is 23.8 Å². The Kier molecular flexibility index (Phi) is 6.00. The predicted octanol–water partition coefficient (Wildman–Crippen LogP) is 0.722. The van der Waals surface area contributed by atoms with Crippen LogP contribution in [-0.2, 0) is 19.1 Å². The van der Waals surface area contributed by atoms with E-state index in [2.05, 4.69) is 15.6 Å². The molecule has 2 heterocycles. The number of carbonyl (C=O) groups excluding carboxylic acids is 4. The molecule has 0 bridgehead atoms. The van der Waals surface area contributed by atoms with Crippen LogP contribution in [0.15, 0.2) is 23.2 Å². The topological polar surface area (TPSA) is 159 Å². The van der Waals surface area contributed by atoms with Gasteiger partial charge in [-0.25, -0.2) is 9.79 Å². The van der Waals surface area contributed by atoms with Crippen LogP contribution in [-0.4, -0.2) is 58.0 Å². The smallest absolute Gasteiger partial charge is 0.341 e. The molecule has 158 valence electrons. The maximum atomic E-state index is 12.2. The highest BCUT2D eigenvalue weighted by atomic mass is 16.5. The number of esters is 1. The number of nitrogens with zero attached hydrogens (tertiary/aromatic N) is 2. The van der Waals surface area contributed by atoms with Crippen LogP contribution in [0.1, 0.15) is 31.4 Å².